The van der Waals surface area contributed by atoms with Crippen molar-refractivity contribution in [1.82, 2.24) is 0 Å². The van der Waals surface area contributed by atoms with E-state index < -0.39 is 0 Å². The second kappa shape index (κ2) is 10.4. The fourth-order valence-corrected chi connectivity index (χ4v) is 1.35. The maximum atomic E-state index is 5.11. The summed E-state index contributed by atoms with van der Waals surface area (Å²) < 4.78 is 5.11. The molecule has 0 bridgehead atoms. The van der Waals surface area contributed by atoms with E-state index in [1.807, 2.05) is 58.0 Å². The Morgan fingerprint density at radius 1 is 1.00 bits per heavy atom. The third-order valence-electron chi connectivity index (χ3n) is 2.28. The molecule has 0 saturated carbocycles. The Morgan fingerprint density at radius 3 is 2.06 bits per heavy atom. The molecule has 0 aliphatic rings. The van der Waals surface area contributed by atoms with Crippen LogP contribution in [0.25, 0.3) is 6.08 Å². The van der Waals surface area contributed by atoms with E-state index in [1.54, 1.807) is 7.11 Å². The minimum Gasteiger partial charge on any atom is -0.497 e. The minimum atomic E-state index is 0.886. The van der Waals surface area contributed by atoms with E-state index in [4.69, 9.17) is 4.74 Å². The molecule has 98 valence electrons. The van der Waals surface area contributed by atoms with Gasteiger partial charge in [-0.15, -0.1) is 0 Å². The molecule has 1 aromatic rings. The predicted molar refractivity (Wildman–Crippen MR) is 81.9 cm³/mol. The van der Waals surface area contributed by atoms with Gasteiger partial charge in [0.05, 0.1) is 7.11 Å². The van der Waals surface area contributed by atoms with Gasteiger partial charge in [0.2, 0.25) is 0 Å². The van der Waals surface area contributed by atoms with Crippen LogP contribution in [-0.4, -0.2) is 7.11 Å². The first-order valence-corrected chi connectivity index (χ1v) is 6.41. The summed E-state index contributed by atoms with van der Waals surface area (Å²) in [5.41, 5.74) is 2.38. The van der Waals surface area contributed by atoms with E-state index >= 15 is 0 Å². The summed E-state index contributed by atoms with van der Waals surface area (Å²) in [7, 11) is 1.68. The molecule has 0 amide bonds. The molecule has 1 aromatic carbocycles. The number of methoxy groups -OCH3 is 1. The quantitative estimate of drug-likeness (QED) is 0.657. The van der Waals surface area contributed by atoms with Crippen molar-refractivity contribution in [2.45, 2.75) is 27.7 Å². The summed E-state index contributed by atoms with van der Waals surface area (Å²) in [4.78, 5) is 0. The molecule has 1 nitrogen and oxygen atoms in total. The molecule has 0 N–H and O–H groups in total. The number of benzene rings is 1. The molecule has 1 heteroatoms. The van der Waals surface area contributed by atoms with E-state index in [2.05, 4.69) is 24.3 Å². The van der Waals surface area contributed by atoms with E-state index in [1.165, 1.54) is 11.1 Å². The van der Waals surface area contributed by atoms with Gasteiger partial charge in [0.1, 0.15) is 5.75 Å². The Balaban J connectivity index is 0.00000137. The van der Waals surface area contributed by atoms with Crippen molar-refractivity contribution in [1.29, 1.82) is 0 Å². The van der Waals surface area contributed by atoms with Crippen molar-refractivity contribution in [2.24, 2.45) is 0 Å². The molecule has 0 unspecified atom stereocenters. The van der Waals surface area contributed by atoms with E-state index in [9.17, 15) is 0 Å². The lowest BCUT2D eigenvalue weighted by atomic mass is 10.1. The standard InChI is InChI=1S/C15H18O.C2H6/c1-4-6-13(5-2)7-8-14-9-11-15(16-3)12-10-14;1-2/h4-12H,1-3H3;1-2H3/b6-4-,8-7+,13-5+;. The summed E-state index contributed by atoms with van der Waals surface area (Å²) in [6.07, 6.45) is 10.4. The summed E-state index contributed by atoms with van der Waals surface area (Å²) in [6.45, 7) is 8.05. The maximum Gasteiger partial charge on any atom is 0.118 e. The van der Waals surface area contributed by atoms with Crippen molar-refractivity contribution >= 4 is 6.08 Å². The van der Waals surface area contributed by atoms with Crippen LogP contribution in [0.15, 0.2) is 54.1 Å². The van der Waals surface area contributed by atoms with Crippen LogP contribution in [0.2, 0.25) is 0 Å². The Morgan fingerprint density at radius 2 is 1.61 bits per heavy atom. The topological polar surface area (TPSA) is 9.23 Å². The van der Waals surface area contributed by atoms with Gasteiger partial charge in [-0.3, -0.25) is 0 Å². The molecule has 0 fully saturated rings. The van der Waals surface area contributed by atoms with Gasteiger partial charge in [-0.2, -0.15) is 0 Å². The van der Waals surface area contributed by atoms with Crippen LogP contribution in [0.1, 0.15) is 33.3 Å². The first-order valence-electron chi connectivity index (χ1n) is 6.41. The molecule has 18 heavy (non-hydrogen) atoms. The van der Waals surface area contributed by atoms with Crippen LogP contribution in [0.5, 0.6) is 5.75 Å². The van der Waals surface area contributed by atoms with Crippen molar-refractivity contribution in [3.8, 4) is 5.75 Å². The van der Waals surface area contributed by atoms with Crippen molar-refractivity contribution in [3.63, 3.8) is 0 Å². The van der Waals surface area contributed by atoms with Gasteiger partial charge in [0, 0.05) is 0 Å². The van der Waals surface area contributed by atoms with E-state index in [-0.39, 0.29) is 0 Å². The number of ether oxygens (including phenoxy) is 1. The molecule has 0 aliphatic carbocycles. The molecule has 0 aliphatic heterocycles. The number of hydrogen-bond donors (Lipinski definition) is 0. The third-order valence-corrected chi connectivity index (χ3v) is 2.28. The monoisotopic (exact) mass is 244 g/mol. The predicted octanol–water partition coefficient (Wildman–Crippen LogP) is 5.26. The molecule has 0 atom stereocenters. The van der Waals surface area contributed by atoms with Gasteiger partial charge in [-0.1, -0.05) is 56.4 Å². The van der Waals surface area contributed by atoms with Crippen LogP contribution < -0.4 is 4.74 Å². The zero-order valence-corrected chi connectivity index (χ0v) is 12.1. The Hall–Kier alpha value is -1.76. The fraction of sp³-hybridized carbons (Fsp3) is 0.294. The first-order chi connectivity index (χ1) is 8.80. The smallest absolute Gasteiger partial charge is 0.118 e. The average molecular weight is 244 g/mol. The normalized spacial score (nSPS) is 11.5. The van der Waals surface area contributed by atoms with Gasteiger partial charge < -0.3 is 4.74 Å². The van der Waals surface area contributed by atoms with Gasteiger partial charge >= 0.3 is 0 Å². The molecule has 0 saturated heterocycles. The lowest BCUT2D eigenvalue weighted by molar-refractivity contribution is 0.415. The average Bonchev–Trinajstić information content (AvgIpc) is 2.46. The summed E-state index contributed by atoms with van der Waals surface area (Å²) >= 11 is 0. The highest BCUT2D eigenvalue weighted by Gasteiger charge is 1.90. The highest BCUT2D eigenvalue weighted by atomic mass is 16.5. The molecule has 0 radical (unpaired) electrons. The van der Waals surface area contributed by atoms with Crippen molar-refractivity contribution in [2.75, 3.05) is 7.11 Å². The molecule has 0 aromatic heterocycles. The molecule has 0 spiro atoms. The molecule has 0 heterocycles. The zero-order chi connectivity index (χ0) is 13.8. The Kier molecular flexibility index (Phi) is 9.38. The zero-order valence-electron chi connectivity index (χ0n) is 12.1. The lowest BCUT2D eigenvalue weighted by Gasteiger charge is -1.99. The summed E-state index contributed by atoms with van der Waals surface area (Å²) in [5.74, 6) is 0.886. The lowest BCUT2D eigenvalue weighted by Crippen LogP contribution is -1.81. The summed E-state index contributed by atoms with van der Waals surface area (Å²) in [5, 5.41) is 0. The van der Waals surface area contributed by atoms with Gasteiger partial charge in [-0.25, -0.2) is 0 Å². The maximum absolute atomic E-state index is 5.11. The number of allylic oxidation sites excluding steroid dienone is 5. The minimum absolute atomic E-state index is 0.886. The van der Waals surface area contributed by atoms with Gasteiger partial charge in [-0.05, 0) is 37.1 Å². The second-order valence-electron chi connectivity index (χ2n) is 3.40. The van der Waals surface area contributed by atoms with Gasteiger partial charge in [0.25, 0.3) is 0 Å². The van der Waals surface area contributed by atoms with Crippen LogP contribution in [0.4, 0.5) is 0 Å². The summed E-state index contributed by atoms with van der Waals surface area (Å²) in [6, 6.07) is 8.01. The first kappa shape index (κ1) is 16.2. The van der Waals surface area contributed by atoms with Crippen LogP contribution in [0.3, 0.4) is 0 Å². The van der Waals surface area contributed by atoms with Crippen molar-refractivity contribution < 1.29 is 4.74 Å². The van der Waals surface area contributed by atoms with Crippen LogP contribution in [-0.2, 0) is 0 Å². The molecular formula is C17H24O. The molecular weight excluding hydrogens is 220 g/mol. The SMILES string of the molecule is CC.C\C=C/C(/C=C/c1ccc(OC)cc1)=C\C. The van der Waals surface area contributed by atoms with Crippen LogP contribution >= 0.6 is 0 Å². The largest absolute Gasteiger partial charge is 0.497 e. The third kappa shape index (κ3) is 6.09. The molecule has 1 rings (SSSR count). The van der Waals surface area contributed by atoms with Gasteiger partial charge in [0.15, 0.2) is 0 Å². The number of rotatable bonds is 4. The second-order valence-corrected chi connectivity index (χ2v) is 3.40. The Labute approximate surface area is 111 Å². The highest BCUT2D eigenvalue weighted by Crippen LogP contribution is 2.13. The number of hydrogen-bond acceptors (Lipinski definition) is 1. The fourth-order valence-electron chi connectivity index (χ4n) is 1.35. The van der Waals surface area contributed by atoms with E-state index in [0.717, 1.165) is 5.75 Å². The highest BCUT2D eigenvalue weighted by molar-refractivity contribution is 5.55. The van der Waals surface area contributed by atoms with Crippen LogP contribution in [0, 0.1) is 0 Å². The van der Waals surface area contributed by atoms with Crippen molar-refractivity contribution in [3.05, 3.63) is 59.7 Å². The Bertz CT molecular complexity index is 394. The van der Waals surface area contributed by atoms with E-state index in [0.29, 0.717) is 0 Å².